The fourth-order valence-corrected chi connectivity index (χ4v) is 1.81. The molecular weight excluding hydrogens is 238 g/mol. The third kappa shape index (κ3) is 3.72. The molecule has 0 saturated carbocycles. The van der Waals surface area contributed by atoms with Crippen molar-refractivity contribution in [2.75, 3.05) is 6.61 Å². The van der Waals surface area contributed by atoms with Gasteiger partial charge in [-0.05, 0) is 31.0 Å². The first kappa shape index (κ1) is 14.0. The van der Waals surface area contributed by atoms with Crippen LogP contribution >= 0.6 is 11.6 Å². The van der Waals surface area contributed by atoms with E-state index in [1.54, 1.807) is 19.1 Å². The highest BCUT2D eigenvalue weighted by atomic mass is 35.5. The SMILES string of the molecule is CCOC(=O)CC(N)(CC)c1ccc(Cl)cc1. The summed E-state index contributed by atoms with van der Waals surface area (Å²) in [6.45, 7) is 4.11. The lowest BCUT2D eigenvalue weighted by Crippen LogP contribution is -2.38. The largest absolute Gasteiger partial charge is 0.466 e. The van der Waals surface area contributed by atoms with E-state index in [1.807, 2.05) is 19.1 Å². The molecule has 1 atom stereocenters. The summed E-state index contributed by atoms with van der Waals surface area (Å²) in [7, 11) is 0. The van der Waals surface area contributed by atoms with Crippen LogP contribution in [0.1, 0.15) is 32.3 Å². The molecule has 17 heavy (non-hydrogen) atoms. The van der Waals surface area contributed by atoms with E-state index < -0.39 is 5.54 Å². The van der Waals surface area contributed by atoms with E-state index in [9.17, 15) is 4.79 Å². The van der Waals surface area contributed by atoms with Crippen LogP contribution in [-0.4, -0.2) is 12.6 Å². The van der Waals surface area contributed by atoms with Gasteiger partial charge < -0.3 is 10.5 Å². The number of hydrogen-bond acceptors (Lipinski definition) is 3. The molecule has 3 nitrogen and oxygen atoms in total. The molecule has 1 aromatic rings. The van der Waals surface area contributed by atoms with Crippen LogP contribution in [0.15, 0.2) is 24.3 Å². The second kappa shape index (κ2) is 6.03. The number of carbonyl (C=O) groups excluding carboxylic acids is 1. The van der Waals surface area contributed by atoms with E-state index in [2.05, 4.69) is 0 Å². The van der Waals surface area contributed by atoms with Crippen LogP contribution in [0.2, 0.25) is 5.02 Å². The first-order chi connectivity index (χ1) is 8.01. The Hall–Kier alpha value is -1.06. The van der Waals surface area contributed by atoms with Crippen molar-refractivity contribution in [1.82, 2.24) is 0 Å². The Morgan fingerprint density at radius 2 is 1.94 bits per heavy atom. The zero-order valence-corrected chi connectivity index (χ0v) is 11.0. The molecule has 0 fully saturated rings. The van der Waals surface area contributed by atoms with E-state index >= 15 is 0 Å². The molecule has 0 aliphatic carbocycles. The van der Waals surface area contributed by atoms with E-state index in [4.69, 9.17) is 22.1 Å². The Labute approximate surface area is 107 Å². The van der Waals surface area contributed by atoms with Crippen molar-refractivity contribution in [2.45, 2.75) is 32.2 Å². The van der Waals surface area contributed by atoms with E-state index in [1.165, 1.54) is 0 Å². The fourth-order valence-electron chi connectivity index (χ4n) is 1.68. The van der Waals surface area contributed by atoms with Gasteiger partial charge in [-0.15, -0.1) is 0 Å². The first-order valence-electron chi connectivity index (χ1n) is 5.72. The highest BCUT2D eigenvalue weighted by Gasteiger charge is 2.29. The first-order valence-corrected chi connectivity index (χ1v) is 6.10. The molecule has 1 rings (SSSR count). The molecule has 0 spiro atoms. The van der Waals surface area contributed by atoms with Gasteiger partial charge >= 0.3 is 5.97 Å². The fraction of sp³-hybridized carbons (Fsp3) is 0.462. The standard InChI is InChI=1S/C13H18ClNO2/c1-3-13(15,9-12(16)17-4-2)10-5-7-11(14)8-6-10/h5-8H,3-4,9,15H2,1-2H3. The predicted octanol–water partition coefficient (Wildman–Crippen LogP) is 2.86. The summed E-state index contributed by atoms with van der Waals surface area (Å²) >= 11 is 5.83. The van der Waals surface area contributed by atoms with Gasteiger partial charge in [0.1, 0.15) is 0 Å². The van der Waals surface area contributed by atoms with Crippen molar-refractivity contribution in [3.05, 3.63) is 34.9 Å². The summed E-state index contributed by atoms with van der Waals surface area (Å²) < 4.78 is 4.94. The number of nitrogens with two attached hydrogens (primary N) is 1. The van der Waals surface area contributed by atoms with Crippen LogP contribution in [0.3, 0.4) is 0 Å². The van der Waals surface area contributed by atoms with E-state index in [0.29, 0.717) is 18.1 Å². The Balaban J connectivity index is 2.87. The Morgan fingerprint density at radius 1 is 1.35 bits per heavy atom. The van der Waals surface area contributed by atoms with Crippen molar-refractivity contribution >= 4 is 17.6 Å². The number of rotatable bonds is 5. The van der Waals surface area contributed by atoms with E-state index in [-0.39, 0.29) is 12.4 Å². The lowest BCUT2D eigenvalue weighted by atomic mass is 9.85. The number of halogens is 1. The van der Waals surface area contributed by atoms with Crippen molar-refractivity contribution in [2.24, 2.45) is 5.73 Å². The molecule has 0 aliphatic heterocycles. The zero-order chi connectivity index (χ0) is 12.9. The topological polar surface area (TPSA) is 52.3 Å². The Bertz CT molecular complexity index is 378. The highest BCUT2D eigenvalue weighted by molar-refractivity contribution is 6.30. The van der Waals surface area contributed by atoms with Crippen LogP contribution < -0.4 is 5.73 Å². The maximum atomic E-state index is 11.5. The summed E-state index contributed by atoms with van der Waals surface area (Å²) in [6.07, 6.45) is 0.840. The molecular formula is C13H18ClNO2. The third-order valence-electron chi connectivity index (χ3n) is 2.82. The van der Waals surface area contributed by atoms with Gasteiger partial charge in [-0.2, -0.15) is 0 Å². The number of esters is 1. The molecule has 94 valence electrons. The smallest absolute Gasteiger partial charge is 0.307 e. The molecule has 0 saturated heterocycles. The number of hydrogen-bond donors (Lipinski definition) is 1. The molecule has 4 heteroatoms. The van der Waals surface area contributed by atoms with Gasteiger partial charge in [0.15, 0.2) is 0 Å². The normalized spacial score (nSPS) is 14.1. The van der Waals surface area contributed by atoms with Gasteiger partial charge in [-0.3, -0.25) is 4.79 Å². The van der Waals surface area contributed by atoms with Gasteiger partial charge in [-0.1, -0.05) is 30.7 Å². The molecule has 0 aliphatic rings. The molecule has 0 radical (unpaired) electrons. The van der Waals surface area contributed by atoms with Crippen LogP contribution in [0, 0.1) is 0 Å². The van der Waals surface area contributed by atoms with Crippen molar-refractivity contribution in [3.8, 4) is 0 Å². The molecule has 2 N–H and O–H groups in total. The minimum atomic E-state index is -0.684. The summed E-state index contributed by atoms with van der Waals surface area (Å²) in [5.74, 6) is -0.271. The van der Waals surface area contributed by atoms with Gasteiger partial charge in [0.25, 0.3) is 0 Å². The molecule has 0 amide bonds. The minimum Gasteiger partial charge on any atom is -0.466 e. The molecule has 0 aromatic heterocycles. The van der Waals surface area contributed by atoms with Gasteiger partial charge in [0.05, 0.1) is 18.6 Å². The number of ether oxygens (including phenoxy) is 1. The summed E-state index contributed by atoms with van der Waals surface area (Å²) in [5, 5.41) is 0.656. The summed E-state index contributed by atoms with van der Waals surface area (Å²) in [6, 6.07) is 7.26. The molecule has 0 heterocycles. The Morgan fingerprint density at radius 3 is 2.41 bits per heavy atom. The van der Waals surface area contributed by atoms with Crippen molar-refractivity contribution in [1.29, 1.82) is 0 Å². The van der Waals surface area contributed by atoms with Crippen LogP contribution in [0.4, 0.5) is 0 Å². The molecule has 1 unspecified atom stereocenters. The predicted molar refractivity (Wildman–Crippen MR) is 68.9 cm³/mol. The lowest BCUT2D eigenvalue weighted by Gasteiger charge is -2.27. The highest BCUT2D eigenvalue weighted by Crippen LogP contribution is 2.27. The number of benzene rings is 1. The average molecular weight is 256 g/mol. The second-order valence-electron chi connectivity index (χ2n) is 4.00. The van der Waals surface area contributed by atoms with Gasteiger partial charge in [0.2, 0.25) is 0 Å². The maximum Gasteiger partial charge on any atom is 0.307 e. The van der Waals surface area contributed by atoms with Crippen LogP contribution in [0.5, 0.6) is 0 Å². The van der Waals surface area contributed by atoms with E-state index in [0.717, 1.165) is 5.56 Å². The van der Waals surface area contributed by atoms with Gasteiger partial charge in [-0.25, -0.2) is 0 Å². The second-order valence-corrected chi connectivity index (χ2v) is 4.43. The lowest BCUT2D eigenvalue weighted by molar-refractivity contribution is -0.144. The summed E-state index contributed by atoms with van der Waals surface area (Å²) in [5.41, 5.74) is 6.47. The van der Waals surface area contributed by atoms with Crippen molar-refractivity contribution < 1.29 is 9.53 Å². The summed E-state index contributed by atoms with van der Waals surface area (Å²) in [4.78, 5) is 11.5. The average Bonchev–Trinajstić information content (AvgIpc) is 2.30. The van der Waals surface area contributed by atoms with Gasteiger partial charge in [0, 0.05) is 5.02 Å². The van der Waals surface area contributed by atoms with Crippen molar-refractivity contribution in [3.63, 3.8) is 0 Å². The molecule has 0 bridgehead atoms. The number of carbonyl (C=O) groups is 1. The van der Waals surface area contributed by atoms with Crippen LogP contribution in [-0.2, 0) is 15.1 Å². The molecule has 1 aromatic carbocycles. The quantitative estimate of drug-likeness (QED) is 0.823. The maximum absolute atomic E-state index is 11.5. The minimum absolute atomic E-state index is 0.180. The Kier molecular flexibility index (Phi) is 4.97. The van der Waals surface area contributed by atoms with Crippen LogP contribution in [0.25, 0.3) is 0 Å². The third-order valence-corrected chi connectivity index (χ3v) is 3.07. The zero-order valence-electron chi connectivity index (χ0n) is 10.2. The monoisotopic (exact) mass is 255 g/mol.